The molecule has 0 aromatic rings. The lowest BCUT2D eigenvalue weighted by Crippen LogP contribution is -2.63. The Morgan fingerprint density at radius 2 is 1.21 bits per heavy atom. The number of hydrogen-bond donors (Lipinski definition) is 10. The molecule has 10 N–H and O–H groups in total. The van der Waals surface area contributed by atoms with Crippen molar-refractivity contribution in [3.63, 3.8) is 0 Å². The molecular weight excluding hydrogens is 879 g/mol. The maximum absolute atomic E-state index is 13.1. The first-order valence-corrected chi connectivity index (χ1v) is 23.9. The van der Waals surface area contributed by atoms with Gasteiger partial charge in [0.25, 0.3) is 0 Å². The molecule has 4 fully saturated rings. The highest BCUT2D eigenvalue weighted by atomic mass is 16.4. The Kier molecular flexibility index (Phi) is 20.4. The van der Waals surface area contributed by atoms with E-state index in [0.717, 1.165) is 35.5 Å². The Labute approximate surface area is 391 Å². The highest BCUT2D eigenvalue weighted by Crippen LogP contribution is 2.68. The van der Waals surface area contributed by atoms with E-state index in [1.54, 1.807) is 0 Å². The summed E-state index contributed by atoms with van der Waals surface area (Å²) < 4.78 is 0. The maximum Gasteiger partial charge on any atom is 0.320 e. The van der Waals surface area contributed by atoms with Crippen molar-refractivity contribution in [3.8, 4) is 0 Å². The predicted molar refractivity (Wildman–Crippen MR) is 238 cm³/mol. The summed E-state index contributed by atoms with van der Waals surface area (Å²) in [5.41, 5.74) is -0.517. The van der Waals surface area contributed by atoms with Gasteiger partial charge >= 0.3 is 35.8 Å². The van der Waals surface area contributed by atoms with Crippen LogP contribution >= 0.6 is 0 Å². The Hall–Kier alpha value is -4.44. The molecule has 0 saturated heterocycles. The summed E-state index contributed by atoms with van der Waals surface area (Å²) in [6.45, 7) is 3.59. The molecule has 0 heterocycles. The summed E-state index contributed by atoms with van der Waals surface area (Å²) in [6.07, 6.45) is 5.37. The van der Waals surface area contributed by atoms with Crippen molar-refractivity contribution in [2.75, 3.05) is 58.9 Å². The zero-order valence-electron chi connectivity index (χ0n) is 39.2. The third-order valence-electron chi connectivity index (χ3n) is 16.1. The Balaban J connectivity index is 1.24. The molecule has 21 heteroatoms. The van der Waals surface area contributed by atoms with Crippen LogP contribution in [0.2, 0.25) is 0 Å². The first-order chi connectivity index (χ1) is 31.5. The molecule has 0 spiro atoms. The minimum Gasteiger partial charge on any atom is -0.481 e. The van der Waals surface area contributed by atoms with Gasteiger partial charge < -0.3 is 51.5 Å². The molecule has 0 aromatic carbocycles. The molecule has 12 atom stereocenters. The molecule has 4 aliphatic carbocycles. The van der Waals surface area contributed by atoms with E-state index < -0.39 is 85.7 Å². The van der Waals surface area contributed by atoms with E-state index in [2.05, 4.69) is 31.4 Å². The molecule has 0 aromatic heterocycles. The Bertz CT molecular complexity index is 1700. The SMILES string of the molecule is C[C@H](CCC(=O)O)[C@H]1CC[C@H]2[C@@H]3[C@H](O)C[C@@H]4C[C@@H](NC(=O)CCC(=O)NCCCCC(C(=O)O)N(CCN(CC(=O)O)CC(=O)O)CCN(CC(=O)O)CC(=O)O)CC[C@]4(C)[C@H]3C[C@H](O)[C@]12C. The number of aliphatic hydroxyl groups excluding tert-OH is 2. The summed E-state index contributed by atoms with van der Waals surface area (Å²) in [5, 5.41) is 86.0. The van der Waals surface area contributed by atoms with Crippen LogP contribution in [0.15, 0.2) is 0 Å². The molecule has 0 aliphatic heterocycles. The summed E-state index contributed by atoms with van der Waals surface area (Å²) in [7, 11) is 0. The number of hydrogen-bond acceptors (Lipinski definition) is 13. The van der Waals surface area contributed by atoms with Gasteiger partial charge in [0.2, 0.25) is 11.8 Å². The van der Waals surface area contributed by atoms with Gasteiger partial charge in [-0.05, 0) is 117 Å². The number of amides is 2. The average Bonchev–Trinajstić information content (AvgIpc) is 3.58. The van der Waals surface area contributed by atoms with Gasteiger partial charge in [-0.15, -0.1) is 0 Å². The molecule has 2 amide bonds. The van der Waals surface area contributed by atoms with Crippen LogP contribution < -0.4 is 10.6 Å². The van der Waals surface area contributed by atoms with E-state index in [4.69, 9.17) is 0 Å². The quantitative estimate of drug-likeness (QED) is 0.0473. The average molecular weight is 954 g/mol. The second-order valence-electron chi connectivity index (χ2n) is 20.3. The lowest BCUT2D eigenvalue weighted by Gasteiger charge is -2.63. The van der Waals surface area contributed by atoms with E-state index in [9.17, 15) is 79.2 Å². The maximum atomic E-state index is 13.1. The van der Waals surface area contributed by atoms with Crippen molar-refractivity contribution < 1.29 is 79.2 Å². The third-order valence-corrected chi connectivity index (χ3v) is 16.1. The fraction of sp³-hybridized carbons (Fsp3) is 0.826. The number of aliphatic carboxylic acids is 6. The standard InChI is InChI=1S/C46H75N5O16/c1-27(7-12-38(56)57)30-8-9-31-43-32(22-35(53)46(30,31)3)45(2)14-13-29(20-28(45)21-34(43)52)48-37(55)11-10-36(54)47-15-5-4-6-33(44(66)67)51(18-16-49(23-39(58)59)24-40(60)61)19-17-50(25-41(62)63)26-42(64)65/h27-35,43,52-53H,4-26H2,1-3H3,(H,47,54)(H,48,55)(H,56,57)(H,58,59)(H,60,61)(H,62,63)(H,64,65)(H,66,67)/t27-,28+,29+,30-,31+,32+,33?,34-,35+,43+,45+,46-/m1/s1. The van der Waals surface area contributed by atoms with E-state index in [-0.39, 0.29) is 117 Å². The van der Waals surface area contributed by atoms with Gasteiger partial charge in [-0.2, -0.15) is 0 Å². The fourth-order valence-electron chi connectivity index (χ4n) is 12.8. The molecular formula is C46H75N5O16. The number of carbonyl (C=O) groups is 8. The van der Waals surface area contributed by atoms with Gasteiger partial charge in [0.1, 0.15) is 6.04 Å². The summed E-state index contributed by atoms with van der Waals surface area (Å²) >= 11 is 0. The number of carboxylic acid groups (broad SMARTS) is 6. The van der Waals surface area contributed by atoms with Crippen LogP contribution in [0.4, 0.5) is 0 Å². The monoisotopic (exact) mass is 954 g/mol. The number of unbranched alkanes of at least 4 members (excludes halogenated alkanes) is 1. The number of nitrogens with zero attached hydrogens (tertiary/aromatic N) is 3. The molecule has 0 bridgehead atoms. The number of fused-ring (bicyclic) bond motifs is 5. The van der Waals surface area contributed by atoms with Gasteiger partial charge in [-0.3, -0.25) is 53.1 Å². The van der Waals surface area contributed by atoms with Gasteiger partial charge in [-0.1, -0.05) is 20.8 Å². The second-order valence-corrected chi connectivity index (χ2v) is 20.3. The van der Waals surface area contributed by atoms with E-state index >= 15 is 0 Å². The second kappa shape index (κ2) is 24.7. The van der Waals surface area contributed by atoms with Crippen molar-refractivity contribution in [3.05, 3.63) is 0 Å². The molecule has 0 radical (unpaired) electrons. The minimum atomic E-state index is -1.30. The van der Waals surface area contributed by atoms with Crippen LogP contribution in [0.1, 0.15) is 111 Å². The molecule has 67 heavy (non-hydrogen) atoms. The fourth-order valence-corrected chi connectivity index (χ4v) is 12.8. The van der Waals surface area contributed by atoms with E-state index in [1.165, 1.54) is 4.90 Å². The van der Waals surface area contributed by atoms with Crippen LogP contribution in [0.25, 0.3) is 0 Å². The van der Waals surface area contributed by atoms with Crippen molar-refractivity contribution in [1.82, 2.24) is 25.3 Å². The molecule has 4 aliphatic rings. The van der Waals surface area contributed by atoms with Crippen molar-refractivity contribution in [2.45, 2.75) is 135 Å². The van der Waals surface area contributed by atoms with Gasteiger partial charge in [0, 0.05) is 58.0 Å². The topological polar surface area (TPSA) is 332 Å². The molecule has 21 nitrogen and oxygen atoms in total. The zero-order chi connectivity index (χ0) is 49.8. The zero-order valence-corrected chi connectivity index (χ0v) is 39.2. The molecule has 1 unspecified atom stereocenters. The van der Waals surface area contributed by atoms with Crippen LogP contribution in [0, 0.1) is 46.3 Å². The number of nitrogens with one attached hydrogen (secondary N) is 2. The van der Waals surface area contributed by atoms with Crippen molar-refractivity contribution in [1.29, 1.82) is 0 Å². The summed E-state index contributed by atoms with van der Waals surface area (Å²) in [6, 6.07) is -1.32. The lowest BCUT2D eigenvalue weighted by molar-refractivity contribution is -0.202. The Morgan fingerprint density at radius 1 is 0.642 bits per heavy atom. The minimum absolute atomic E-state index is 0.0413. The summed E-state index contributed by atoms with van der Waals surface area (Å²) in [4.78, 5) is 98.7. The summed E-state index contributed by atoms with van der Waals surface area (Å²) in [5.74, 6) is -7.14. The van der Waals surface area contributed by atoms with Crippen LogP contribution in [0.3, 0.4) is 0 Å². The van der Waals surface area contributed by atoms with Gasteiger partial charge in [0.15, 0.2) is 0 Å². The molecule has 380 valence electrons. The van der Waals surface area contributed by atoms with Crippen LogP contribution in [0.5, 0.6) is 0 Å². The van der Waals surface area contributed by atoms with E-state index in [1.807, 2.05) is 0 Å². The molecule has 4 saturated carbocycles. The number of carboxylic acids is 6. The highest BCUT2D eigenvalue weighted by molar-refractivity contribution is 5.83. The largest absolute Gasteiger partial charge is 0.481 e. The van der Waals surface area contributed by atoms with Crippen LogP contribution in [-0.4, -0.2) is 186 Å². The van der Waals surface area contributed by atoms with Gasteiger partial charge in [-0.25, -0.2) is 0 Å². The Morgan fingerprint density at radius 3 is 1.75 bits per heavy atom. The first kappa shape index (κ1) is 55.2. The third kappa shape index (κ3) is 15.0. The number of rotatable bonds is 29. The van der Waals surface area contributed by atoms with Gasteiger partial charge in [0.05, 0.1) is 38.4 Å². The van der Waals surface area contributed by atoms with Crippen molar-refractivity contribution >= 4 is 47.6 Å². The smallest absolute Gasteiger partial charge is 0.320 e. The van der Waals surface area contributed by atoms with E-state index in [0.29, 0.717) is 38.5 Å². The number of aliphatic hydroxyl groups is 2. The lowest BCUT2D eigenvalue weighted by atomic mass is 9.43. The normalized spacial score (nSPS) is 29.9. The highest BCUT2D eigenvalue weighted by Gasteiger charge is 2.65. The molecule has 4 rings (SSSR count). The predicted octanol–water partition coefficient (Wildman–Crippen LogP) is 1.34. The van der Waals surface area contributed by atoms with Crippen molar-refractivity contribution in [2.24, 2.45) is 46.3 Å². The van der Waals surface area contributed by atoms with Crippen LogP contribution in [-0.2, 0) is 38.4 Å². The number of carbonyl (C=O) groups excluding carboxylic acids is 2. The first-order valence-electron chi connectivity index (χ1n) is 23.9.